The van der Waals surface area contributed by atoms with Crippen molar-refractivity contribution in [3.8, 4) is 0 Å². The van der Waals surface area contributed by atoms with E-state index in [0.29, 0.717) is 11.7 Å². The first-order valence-electron chi connectivity index (χ1n) is 7.57. The van der Waals surface area contributed by atoms with Gasteiger partial charge in [-0.2, -0.15) is 18.2 Å². The quantitative estimate of drug-likeness (QED) is 0.855. The number of carbonyl (C=O) groups is 1. The summed E-state index contributed by atoms with van der Waals surface area (Å²) in [5.74, 6) is 0.423. The zero-order chi connectivity index (χ0) is 17.5. The summed E-state index contributed by atoms with van der Waals surface area (Å²) in [4.78, 5) is 17.8. The Morgan fingerprint density at radius 3 is 2.71 bits per heavy atom. The van der Waals surface area contributed by atoms with E-state index in [0.717, 1.165) is 12.1 Å². The van der Waals surface area contributed by atoms with Crippen molar-refractivity contribution in [1.29, 1.82) is 0 Å². The predicted octanol–water partition coefficient (Wildman–Crippen LogP) is 3.73. The lowest BCUT2D eigenvalue weighted by molar-refractivity contribution is -0.137. The van der Waals surface area contributed by atoms with Crippen molar-refractivity contribution in [2.75, 3.05) is 11.4 Å². The molecule has 2 aromatic rings. The average Bonchev–Trinajstić information content (AvgIpc) is 3.13. The van der Waals surface area contributed by atoms with E-state index >= 15 is 0 Å². The summed E-state index contributed by atoms with van der Waals surface area (Å²) in [6, 6.07) is 4.74. The highest BCUT2D eigenvalue weighted by molar-refractivity contribution is 5.96. The first-order chi connectivity index (χ1) is 11.3. The molecule has 2 heterocycles. The van der Waals surface area contributed by atoms with Gasteiger partial charge >= 0.3 is 6.18 Å². The molecule has 0 spiro atoms. The summed E-state index contributed by atoms with van der Waals surface area (Å²) in [7, 11) is 0. The molecular weight excluding hydrogens is 323 g/mol. The van der Waals surface area contributed by atoms with Gasteiger partial charge < -0.3 is 9.42 Å². The zero-order valence-electron chi connectivity index (χ0n) is 13.2. The van der Waals surface area contributed by atoms with Crippen LogP contribution in [0.5, 0.6) is 0 Å². The number of hydrogen-bond acceptors (Lipinski definition) is 4. The number of halogens is 3. The van der Waals surface area contributed by atoms with Crippen LogP contribution >= 0.6 is 0 Å². The first-order valence-corrected chi connectivity index (χ1v) is 7.57. The van der Waals surface area contributed by atoms with Crippen LogP contribution in [0.15, 0.2) is 28.8 Å². The first kappa shape index (κ1) is 16.5. The summed E-state index contributed by atoms with van der Waals surface area (Å²) in [5, 5.41) is 3.86. The number of benzene rings is 1. The molecule has 0 radical (unpaired) electrons. The Kier molecular flexibility index (Phi) is 4.06. The molecule has 1 fully saturated rings. The van der Waals surface area contributed by atoms with Crippen molar-refractivity contribution in [1.82, 2.24) is 10.1 Å². The highest BCUT2D eigenvalue weighted by Gasteiger charge is 2.37. The second-order valence-corrected chi connectivity index (χ2v) is 6.10. The second-order valence-electron chi connectivity index (χ2n) is 6.10. The van der Waals surface area contributed by atoms with E-state index in [1.165, 1.54) is 17.0 Å². The predicted molar refractivity (Wildman–Crippen MR) is 79.5 cm³/mol. The molecule has 0 aliphatic carbocycles. The van der Waals surface area contributed by atoms with Gasteiger partial charge in [-0.15, -0.1) is 0 Å². The molecule has 24 heavy (non-hydrogen) atoms. The van der Waals surface area contributed by atoms with Crippen LogP contribution in [0.2, 0.25) is 0 Å². The Labute approximate surface area is 136 Å². The van der Waals surface area contributed by atoms with E-state index in [9.17, 15) is 18.0 Å². The van der Waals surface area contributed by atoms with E-state index in [4.69, 9.17) is 4.52 Å². The molecule has 8 heteroatoms. The smallest absolute Gasteiger partial charge is 0.339 e. The van der Waals surface area contributed by atoms with Crippen LogP contribution in [0.4, 0.5) is 18.9 Å². The summed E-state index contributed by atoms with van der Waals surface area (Å²) in [6.07, 6.45) is -4.31. The SMILES string of the molecule is CC(C)c1noc(C2CC(=O)N(c3cccc(C(F)(F)F)c3)C2)n1. The Balaban J connectivity index is 1.82. The molecule has 1 amide bonds. The van der Waals surface area contributed by atoms with Crippen LogP contribution in [0.1, 0.15) is 49.4 Å². The molecule has 5 nitrogen and oxygen atoms in total. The van der Waals surface area contributed by atoms with Crippen molar-refractivity contribution >= 4 is 11.6 Å². The molecule has 1 aliphatic heterocycles. The molecule has 3 rings (SSSR count). The topological polar surface area (TPSA) is 59.2 Å². The highest BCUT2D eigenvalue weighted by atomic mass is 19.4. The third-order valence-electron chi connectivity index (χ3n) is 3.93. The number of alkyl halides is 3. The van der Waals surface area contributed by atoms with Gasteiger partial charge in [-0.05, 0) is 18.2 Å². The summed E-state index contributed by atoms with van der Waals surface area (Å²) < 4.78 is 43.7. The lowest BCUT2D eigenvalue weighted by Gasteiger charge is -2.17. The zero-order valence-corrected chi connectivity index (χ0v) is 13.2. The van der Waals surface area contributed by atoms with Crippen molar-refractivity contribution in [2.45, 2.75) is 38.3 Å². The molecule has 1 aromatic carbocycles. The molecule has 0 N–H and O–H groups in total. The number of hydrogen-bond donors (Lipinski definition) is 0. The molecule has 1 aliphatic rings. The van der Waals surface area contributed by atoms with Crippen molar-refractivity contribution in [3.05, 3.63) is 41.5 Å². The van der Waals surface area contributed by atoms with Gasteiger partial charge in [-0.1, -0.05) is 25.1 Å². The van der Waals surface area contributed by atoms with Gasteiger partial charge in [-0.25, -0.2) is 0 Å². The van der Waals surface area contributed by atoms with Crippen LogP contribution in [0.3, 0.4) is 0 Å². The van der Waals surface area contributed by atoms with Crippen LogP contribution in [-0.4, -0.2) is 22.6 Å². The fraction of sp³-hybridized carbons (Fsp3) is 0.438. The number of anilines is 1. The average molecular weight is 339 g/mol. The van der Waals surface area contributed by atoms with Gasteiger partial charge in [0, 0.05) is 24.6 Å². The van der Waals surface area contributed by atoms with E-state index in [1.807, 2.05) is 13.8 Å². The molecule has 1 unspecified atom stereocenters. The number of amides is 1. The number of nitrogens with zero attached hydrogens (tertiary/aromatic N) is 3. The van der Waals surface area contributed by atoms with Crippen molar-refractivity contribution in [3.63, 3.8) is 0 Å². The van der Waals surface area contributed by atoms with Crippen LogP contribution in [0.25, 0.3) is 0 Å². The molecular formula is C16H16F3N3O2. The van der Waals surface area contributed by atoms with Gasteiger partial charge in [0.05, 0.1) is 11.5 Å². The van der Waals surface area contributed by atoms with Gasteiger partial charge in [0.15, 0.2) is 5.82 Å². The Morgan fingerprint density at radius 1 is 1.33 bits per heavy atom. The molecule has 1 atom stereocenters. The molecule has 1 saturated heterocycles. The highest BCUT2D eigenvalue weighted by Crippen LogP contribution is 2.35. The maximum Gasteiger partial charge on any atom is 0.416 e. The fourth-order valence-electron chi connectivity index (χ4n) is 2.62. The van der Waals surface area contributed by atoms with Gasteiger partial charge in [0.2, 0.25) is 11.8 Å². The normalized spacial score (nSPS) is 18.7. The summed E-state index contributed by atoms with van der Waals surface area (Å²) in [6.45, 7) is 4.06. The maximum absolute atomic E-state index is 12.8. The van der Waals surface area contributed by atoms with E-state index < -0.39 is 11.7 Å². The number of carbonyl (C=O) groups excluding carboxylic acids is 1. The lowest BCUT2D eigenvalue weighted by Crippen LogP contribution is -2.24. The van der Waals surface area contributed by atoms with E-state index in [-0.39, 0.29) is 36.4 Å². The minimum Gasteiger partial charge on any atom is -0.339 e. The largest absolute Gasteiger partial charge is 0.416 e. The molecule has 1 aromatic heterocycles. The van der Waals surface area contributed by atoms with Crippen LogP contribution in [0, 0.1) is 0 Å². The Morgan fingerprint density at radius 2 is 2.08 bits per heavy atom. The Bertz CT molecular complexity index is 755. The Hall–Kier alpha value is -2.38. The van der Waals surface area contributed by atoms with Crippen LogP contribution < -0.4 is 4.90 Å². The summed E-state index contributed by atoms with van der Waals surface area (Å²) >= 11 is 0. The minimum atomic E-state index is -4.45. The summed E-state index contributed by atoms with van der Waals surface area (Å²) in [5.41, 5.74) is -0.558. The van der Waals surface area contributed by atoms with Crippen molar-refractivity contribution < 1.29 is 22.5 Å². The van der Waals surface area contributed by atoms with Crippen LogP contribution in [-0.2, 0) is 11.0 Å². The molecule has 128 valence electrons. The van der Waals surface area contributed by atoms with Gasteiger partial charge in [-0.3, -0.25) is 4.79 Å². The number of aromatic nitrogens is 2. The minimum absolute atomic E-state index is 0.0965. The van der Waals surface area contributed by atoms with E-state index in [1.54, 1.807) is 0 Å². The molecule has 0 bridgehead atoms. The van der Waals surface area contributed by atoms with Crippen molar-refractivity contribution in [2.24, 2.45) is 0 Å². The van der Waals surface area contributed by atoms with Gasteiger partial charge in [0.1, 0.15) is 0 Å². The third kappa shape index (κ3) is 3.13. The van der Waals surface area contributed by atoms with E-state index in [2.05, 4.69) is 10.1 Å². The van der Waals surface area contributed by atoms with Gasteiger partial charge in [0.25, 0.3) is 0 Å². The third-order valence-corrected chi connectivity index (χ3v) is 3.93. The standard InChI is InChI=1S/C16H16F3N3O2/c1-9(2)14-20-15(24-21-14)10-6-13(23)22(8-10)12-5-3-4-11(7-12)16(17,18)19/h3-5,7,9-10H,6,8H2,1-2H3. The fourth-order valence-corrected chi connectivity index (χ4v) is 2.62. The maximum atomic E-state index is 12.8. The monoisotopic (exact) mass is 339 g/mol. The lowest BCUT2D eigenvalue weighted by atomic mass is 10.1. The molecule has 0 saturated carbocycles. The number of rotatable bonds is 3. The second kappa shape index (κ2) is 5.92.